The van der Waals surface area contributed by atoms with Gasteiger partial charge < -0.3 is 0 Å². The number of amides is 2. The summed E-state index contributed by atoms with van der Waals surface area (Å²) in [6.45, 7) is 5.29. The zero-order chi connectivity index (χ0) is 14.0. The van der Waals surface area contributed by atoms with E-state index < -0.39 is 11.8 Å². The smallest absolute Gasteiger partial charge is 0.264 e. The number of hydrogen-bond acceptors (Lipinski definition) is 4. The molecule has 0 heterocycles. The number of rotatable bonds is 7. The number of unbranched alkanes of at least 4 members (excludes halogenated alkanes) is 1. The van der Waals surface area contributed by atoms with Crippen molar-refractivity contribution in [1.29, 1.82) is 0 Å². The summed E-state index contributed by atoms with van der Waals surface area (Å²) in [7, 11) is 0. The summed E-state index contributed by atoms with van der Waals surface area (Å²) < 4.78 is 0. The highest BCUT2D eigenvalue weighted by molar-refractivity contribution is 5.97. The minimum atomic E-state index is -0.932. The van der Waals surface area contributed by atoms with Gasteiger partial charge in [-0.3, -0.25) is 9.59 Å². The summed E-state index contributed by atoms with van der Waals surface area (Å²) in [5.41, 5.74) is 0.175. The number of hydrogen-bond donors (Lipinski definition) is 0. The third-order valence-corrected chi connectivity index (χ3v) is 2.03. The maximum Gasteiger partial charge on any atom is 0.316 e. The van der Waals surface area contributed by atoms with Gasteiger partial charge in [0.1, 0.15) is 0 Å². The van der Waals surface area contributed by atoms with Gasteiger partial charge >= 0.3 is 11.8 Å². The lowest BCUT2D eigenvalue weighted by Crippen LogP contribution is -1.97. The monoisotopic (exact) mass is 250 g/mol. The van der Waals surface area contributed by atoms with Gasteiger partial charge in [0.25, 0.3) is 0 Å². The second kappa shape index (κ2) is 8.86. The number of carbonyl (C=O) groups excluding carboxylic acids is 2. The van der Waals surface area contributed by atoms with Crippen LogP contribution >= 0.6 is 0 Å². The highest BCUT2D eigenvalue weighted by Gasteiger charge is 2.07. The zero-order valence-corrected chi connectivity index (χ0v) is 10.1. The van der Waals surface area contributed by atoms with E-state index in [9.17, 15) is 19.4 Å². The predicted octanol–water partition coefficient (Wildman–Crippen LogP) is 2.80. The van der Waals surface area contributed by atoms with Gasteiger partial charge in [0, 0.05) is 21.5 Å². The van der Waals surface area contributed by atoms with Crippen LogP contribution in [0.2, 0.25) is 0 Å². The second-order valence-corrected chi connectivity index (χ2v) is 3.45. The molecule has 0 aliphatic rings. The Bertz CT molecular complexity index is 422. The Labute approximate surface area is 104 Å². The number of carbonyl (C=O) groups is 2. The average molecular weight is 250 g/mol. The highest BCUT2D eigenvalue weighted by Crippen LogP contribution is 2.07. The lowest BCUT2D eigenvalue weighted by atomic mass is 10.1. The minimum Gasteiger partial charge on any atom is -0.264 e. The Hall–Kier alpha value is -2.24. The van der Waals surface area contributed by atoms with Crippen molar-refractivity contribution in [3.05, 3.63) is 45.8 Å². The van der Waals surface area contributed by atoms with Gasteiger partial charge in [0.05, 0.1) is 0 Å². The summed E-state index contributed by atoms with van der Waals surface area (Å²) in [6, 6.07) is 0. The Morgan fingerprint density at radius 2 is 1.78 bits per heavy atom. The Kier molecular flexibility index (Phi) is 7.76. The fourth-order valence-electron chi connectivity index (χ4n) is 1.06. The van der Waals surface area contributed by atoms with E-state index >= 15 is 0 Å². The quantitative estimate of drug-likeness (QED) is 0.394. The van der Waals surface area contributed by atoms with Gasteiger partial charge in [-0.25, -0.2) is 0 Å². The van der Waals surface area contributed by atoms with Crippen molar-refractivity contribution in [2.24, 2.45) is 10.4 Å². The Balaban J connectivity index is 4.64. The molecule has 96 valence electrons. The first-order valence-electron chi connectivity index (χ1n) is 5.36. The molecule has 0 spiro atoms. The van der Waals surface area contributed by atoms with Gasteiger partial charge in [-0.1, -0.05) is 38.2 Å². The molecule has 0 aromatic carbocycles. The van der Waals surface area contributed by atoms with Crippen molar-refractivity contribution in [2.45, 2.75) is 26.2 Å². The zero-order valence-electron chi connectivity index (χ0n) is 10.1. The van der Waals surface area contributed by atoms with Gasteiger partial charge in [-0.15, -0.1) is 9.81 Å². The minimum absolute atomic E-state index is 0.0163. The molecule has 0 atom stereocenters. The standard InChI is InChI=1S/C12H14N2O4/c1-3-4-7-10(12(16)14-18)8-5-6-9(2)11(15)13-17/h5,7-8H,2-4,6H2,1H3/b8-5?,10-7+. The molecule has 18 heavy (non-hydrogen) atoms. The van der Waals surface area contributed by atoms with Gasteiger partial charge in [-0.05, 0) is 12.8 Å². The first kappa shape index (κ1) is 15.8. The van der Waals surface area contributed by atoms with Crippen molar-refractivity contribution in [3.8, 4) is 0 Å². The molecule has 6 nitrogen and oxygen atoms in total. The third-order valence-electron chi connectivity index (χ3n) is 2.03. The molecule has 0 aromatic rings. The van der Waals surface area contributed by atoms with Crippen LogP contribution in [0.3, 0.4) is 0 Å². The number of nitroso groups, excluding NO2 is 2. The lowest BCUT2D eigenvalue weighted by Gasteiger charge is -1.95. The number of allylic oxidation sites excluding steroid dienone is 2. The molecule has 0 unspecified atom stereocenters. The molecule has 0 radical (unpaired) electrons. The van der Waals surface area contributed by atoms with E-state index in [0.717, 1.165) is 6.42 Å². The average Bonchev–Trinajstić information content (AvgIpc) is 2.40. The molecule has 0 bridgehead atoms. The van der Waals surface area contributed by atoms with Crippen LogP contribution in [0.15, 0.2) is 46.3 Å². The molecule has 0 aliphatic heterocycles. The number of nitrogens with zero attached hydrogens (tertiary/aromatic N) is 2. The maximum absolute atomic E-state index is 11.1. The van der Waals surface area contributed by atoms with E-state index in [1.54, 1.807) is 6.08 Å². The summed E-state index contributed by atoms with van der Waals surface area (Å²) in [6.07, 6.45) is 5.96. The van der Waals surface area contributed by atoms with Crippen LogP contribution < -0.4 is 0 Å². The summed E-state index contributed by atoms with van der Waals surface area (Å²) >= 11 is 0. The van der Waals surface area contributed by atoms with Crippen LogP contribution in [0.25, 0.3) is 0 Å². The molecule has 2 amide bonds. The normalized spacial score (nSPS) is 11.3. The maximum atomic E-state index is 11.1. The van der Waals surface area contributed by atoms with Gasteiger partial charge in [0.2, 0.25) is 0 Å². The van der Waals surface area contributed by atoms with Crippen LogP contribution in [-0.2, 0) is 9.59 Å². The van der Waals surface area contributed by atoms with Crippen molar-refractivity contribution < 1.29 is 9.59 Å². The molecule has 0 aliphatic carbocycles. The first-order valence-corrected chi connectivity index (χ1v) is 5.36. The Morgan fingerprint density at radius 3 is 2.28 bits per heavy atom. The van der Waals surface area contributed by atoms with E-state index in [0.29, 0.717) is 6.42 Å². The first-order chi connectivity index (χ1) is 8.56. The highest BCUT2D eigenvalue weighted by atomic mass is 16.3. The molecule has 0 saturated carbocycles. The van der Waals surface area contributed by atoms with Crippen LogP contribution in [-0.4, -0.2) is 11.8 Å². The van der Waals surface area contributed by atoms with E-state index in [1.165, 1.54) is 12.2 Å². The molecule has 0 saturated heterocycles. The van der Waals surface area contributed by atoms with E-state index in [-0.39, 0.29) is 17.6 Å². The molecule has 0 rings (SSSR count). The lowest BCUT2D eigenvalue weighted by molar-refractivity contribution is -0.115. The second-order valence-electron chi connectivity index (χ2n) is 3.45. The summed E-state index contributed by atoms with van der Waals surface area (Å²) in [5.74, 6) is -1.80. The fraction of sp³-hybridized carbons (Fsp3) is 0.333. The fourth-order valence-corrected chi connectivity index (χ4v) is 1.06. The van der Waals surface area contributed by atoms with E-state index in [1.807, 2.05) is 6.92 Å². The molecular formula is C12H14N2O4. The van der Waals surface area contributed by atoms with Crippen molar-refractivity contribution in [2.75, 3.05) is 0 Å². The van der Waals surface area contributed by atoms with Crippen molar-refractivity contribution in [1.82, 2.24) is 0 Å². The topological polar surface area (TPSA) is 93.0 Å². The van der Waals surface area contributed by atoms with Crippen LogP contribution in [0.5, 0.6) is 0 Å². The largest absolute Gasteiger partial charge is 0.316 e. The van der Waals surface area contributed by atoms with Crippen LogP contribution in [0.4, 0.5) is 0 Å². The van der Waals surface area contributed by atoms with Crippen molar-refractivity contribution >= 4 is 11.8 Å². The Morgan fingerprint density at radius 1 is 1.17 bits per heavy atom. The molecule has 6 heteroatoms. The molecule has 0 fully saturated rings. The van der Waals surface area contributed by atoms with Gasteiger partial charge in [0.15, 0.2) is 0 Å². The predicted molar refractivity (Wildman–Crippen MR) is 67.5 cm³/mol. The van der Waals surface area contributed by atoms with Gasteiger partial charge in [-0.2, -0.15) is 0 Å². The molecular weight excluding hydrogens is 236 g/mol. The van der Waals surface area contributed by atoms with E-state index in [4.69, 9.17) is 0 Å². The summed E-state index contributed by atoms with van der Waals surface area (Å²) in [4.78, 5) is 42.0. The van der Waals surface area contributed by atoms with Crippen LogP contribution in [0.1, 0.15) is 26.2 Å². The SMILES string of the molecule is C=C(CC=C/C(=C\CCC)C(=O)N=O)C(=O)N=O. The molecule has 0 aromatic heterocycles. The van der Waals surface area contributed by atoms with Crippen LogP contribution in [0, 0.1) is 9.81 Å². The summed E-state index contributed by atoms with van der Waals surface area (Å²) in [5, 5.41) is 4.54. The van der Waals surface area contributed by atoms with Crippen molar-refractivity contribution in [3.63, 3.8) is 0 Å². The van der Waals surface area contributed by atoms with E-state index in [2.05, 4.69) is 16.9 Å². The third kappa shape index (κ3) is 5.74. The molecule has 0 N–H and O–H groups in total.